The average Bonchev–Trinajstić information content (AvgIpc) is 3.03. The summed E-state index contributed by atoms with van der Waals surface area (Å²) in [6.07, 6.45) is -5.57. The van der Waals surface area contributed by atoms with E-state index in [2.05, 4.69) is 8.92 Å². The van der Waals surface area contributed by atoms with Gasteiger partial charge in [-0.1, -0.05) is 13.3 Å². The second-order valence-corrected chi connectivity index (χ2v) is 8.26. The monoisotopic (exact) mass is 436 g/mol. The SMILES string of the molecule is CCCCOC1C2OC(C)(C)OC2OC1C(OS(=O)(=O)C(F)(F)F)C(=O)OC. The van der Waals surface area contributed by atoms with Crippen LogP contribution in [0.4, 0.5) is 13.2 Å². The van der Waals surface area contributed by atoms with Crippen LogP contribution in [0.2, 0.25) is 0 Å². The van der Waals surface area contributed by atoms with Gasteiger partial charge in [0.1, 0.15) is 18.3 Å². The van der Waals surface area contributed by atoms with Crippen molar-refractivity contribution in [3.8, 4) is 0 Å². The first-order chi connectivity index (χ1) is 12.8. The zero-order chi connectivity index (χ0) is 21.3. The smallest absolute Gasteiger partial charge is 0.467 e. The fourth-order valence-electron chi connectivity index (χ4n) is 2.84. The van der Waals surface area contributed by atoms with E-state index in [4.69, 9.17) is 18.9 Å². The van der Waals surface area contributed by atoms with Gasteiger partial charge in [0.05, 0.1) is 7.11 Å². The number of rotatable bonds is 8. The van der Waals surface area contributed by atoms with Crippen molar-refractivity contribution in [2.24, 2.45) is 0 Å². The van der Waals surface area contributed by atoms with Gasteiger partial charge in [0, 0.05) is 6.61 Å². The molecule has 13 heteroatoms. The summed E-state index contributed by atoms with van der Waals surface area (Å²) in [6.45, 7) is 5.25. The highest BCUT2D eigenvalue weighted by Crippen LogP contribution is 2.41. The Morgan fingerprint density at radius 2 is 1.89 bits per heavy atom. The van der Waals surface area contributed by atoms with Crippen LogP contribution in [0.3, 0.4) is 0 Å². The minimum absolute atomic E-state index is 0.175. The molecular weight excluding hydrogens is 413 g/mol. The van der Waals surface area contributed by atoms with Crippen LogP contribution in [0.15, 0.2) is 0 Å². The third-order valence-corrected chi connectivity index (χ3v) is 5.11. The molecule has 0 aliphatic carbocycles. The number of halogens is 3. The fourth-order valence-corrected chi connectivity index (χ4v) is 3.41. The van der Waals surface area contributed by atoms with Gasteiger partial charge in [-0.05, 0) is 20.3 Å². The lowest BCUT2D eigenvalue weighted by Crippen LogP contribution is -2.49. The number of fused-ring (bicyclic) bond motifs is 1. The Bertz CT molecular complexity index is 664. The molecule has 5 atom stereocenters. The van der Waals surface area contributed by atoms with Crippen LogP contribution in [0.25, 0.3) is 0 Å². The van der Waals surface area contributed by atoms with Crippen LogP contribution in [-0.2, 0) is 42.8 Å². The first-order valence-electron chi connectivity index (χ1n) is 8.53. The lowest BCUT2D eigenvalue weighted by Gasteiger charge is -2.29. The van der Waals surface area contributed by atoms with Gasteiger partial charge in [-0.25, -0.2) is 8.98 Å². The minimum atomic E-state index is -6.10. The Morgan fingerprint density at radius 3 is 2.43 bits per heavy atom. The van der Waals surface area contributed by atoms with Crippen LogP contribution in [0.1, 0.15) is 33.6 Å². The number of esters is 1. The van der Waals surface area contributed by atoms with Crippen molar-refractivity contribution in [2.75, 3.05) is 13.7 Å². The maximum atomic E-state index is 12.7. The third kappa shape index (κ3) is 4.94. The standard InChI is InChI=1S/C15H23F3O9S/c1-5-6-7-23-8-9(24-13-11(8)25-14(2,3)26-13)10(12(19)22-4)27-28(20,21)15(16,17)18/h8-11,13H,5-7H2,1-4H3. The summed E-state index contributed by atoms with van der Waals surface area (Å²) >= 11 is 0. The molecule has 2 aliphatic heterocycles. The Balaban J connectivity index is 2.31. The molecule has 2 rings (SSSR count). The van der Waals surface area contributed by atoms with Gasteiger partial charge >= 0.3 is 21.6 Å². The highest BCUT2D eigenvalue weighted by molar-refractivity contribution is 7.87. The van der Waals surface area contributed by atoms with E-state index in [0.29, 0.717) is 6.42 Å². The van der Waals surface area contributed by atoms with E-state index >= 15 is 0 Å². The molecule has 0 amide bonds. The van der Waals surface area contributed by atoms with E-state index in [0.717, 1.165) is 13.5 Å². The van der Waals surface area contributed by atoms with Gasteiger partial charge in [0.15, 0.2) is 12.1 Å². The summed E-state index contributed by atoms with van der Waals surface area (Å²) in [5.41, 5.74) is -5.73. The molecule has 5 unspecified atom stereocenters. The summed E-state index contributed by atoms with van der Waals surface area (Å²) in [7, 11) is -5.23. The van der Waals surface area contributed by atoms with Crippen LogP contribution in [0, 0.1) is 0 Å². The number of hydrogen-bond acceptors (Lipinski definition) is 9. The van der Waals surface area contributed by atoms with Gasteiger partial charge in [-0.2, -0.15) is 21.6 Å². The highest BCUT2D eigenvalue weighted by atomic mass is 32.2. The Kier molecular flexibility index (Phi) is 6.99. The van der Waals surface area contributed by atoms with Gasteiger partial charge in [0.25, 0.3) is 0 Å². The van der Waals surface area contributed by atoms with Crippen molar-refractivity contribution < 1.29 is 54.3 Å². The van der Waals surface area contributed by atoms with Crippen LogP contribution >= 0.6 is 0 Å². The summed E-state index contributed by atoms with van der Waals surface area (Å²) in [5.74, 6) is -2.44. The van der Waals surface area contributed by atoms with Crippen molar-refractivity contribution in [2.45, 2.75) is 75.6 Å². The van der Waals surface area contributed by atoms with E-state index in [1.54, 1.807) is 13.8 Å². The average molecular weight is 436 g/mol. The molecule has 28 heavy (non-hydrogen) atoms. The molecule has 0 bridgehead atoms. The zero-order valence-corrected chi connectivity index (χ0v) is 16.5. The Hall–Kier alpha value is -0.990. The molecule has 2 saturated heterocycles. The fraction of sp³-hybridized carbons (Fsp3) is 0.933. The number of alkyl halides is 3. The zero-order valence-electron chi connectivity index (χ0n) is 15.7. The predicted molar refractivity (Wildman–Crippen MR) is 85.2 cm³/mol. The summed E-state index contributed by atoms with van der Waals surface area (Å²) in [4.78, 5) is 12.0. The lowest BCUT2D eigenvalue weighted by atomic mass is 10.1. The molecule has 2 fully saturated rings. The van der Waals surface area contributed by atoms with Crippen molar-refractivity contribution in [3.05, 3.63) is 0 Å². The number of methoxy groups -OCH3 is 1. The van der Waals surface area contributed by atoms with E-state index in [1.807, 2.05) is 6.92 Å². The Labute approximate surface area is 160 Å². The van der Waals surface area contributed by atoms with Gasteiger partial charge in [0.2, 0.25) is 6.10 Å². The van der Waals surface area contributed by atoms with Crippen molar-refractivity contribution >= 4 is 16.1 Å². The third-order valence-electron chi connectivity index (χ3n) is 4.08. The maximum absolute atomic E-state index is 12.7. The number of carbonyl (C=O) groups is 1. The van der Waals surface area contributed by atoms with Gasteiger partial charge in [-0.3, -0.25) is 0 Å². The summed E-state index contributed by atoms with van der Waals surface area (Å²) < 4.78 is 91.9. The van der Waals surface area contributed by atoms with E-state index in [1.165, 1.54) is 0 Å². The van der Waals surface area contributed by atoms with E-state index < -0.39 is 58.1 Å². The lowest BCUT2D eigenvalue weighted by molar-refractivity contribution is -0.229. The van der Waals surface area contributed by atoms with Gasteiger partial charge in [-0.15, -0.1) is 0 Å². The molecule has 164 valence electrons. The molecule has 0 N–H and O–H groups in total. The second-order valence-electron chi connectivity index (χ2n) is 6.70. The molecule has 0 radical (unpaired) electrons. The molecule has 2 aliphatic rings. The molecule has 9 nitrogen and oxygen atoms in total. The number of carbonyl (C=O) groups excluding carboxylic acids is 1. The van der Waals surface area contributed by atoms with E-state index in [9.17, 15) is 26.4 Å². The number of unbranched alkanes of at least 4 members (excludes halogenated alkanes) is 1. The van der Waals surface area contributed by atoms with Crippen LogP contribution in [-0.4, -0.2) is 70.1 Å². The van der Waals surface area contributed by atoms with Crippen LogP contribution in [0.5, 0.6) is 0 Å². The number of hydrogen-bond donors (Lipinski definition) is 0. The normalized spacial score (nSPS) is 30.8. The highest BCUT2D eigenvalue weighted by Gasteiger charge is 2.61. The van der Waals surface area contributed by atoms with Gasteiger partial charge < -0.3 is 23.7 Å². The predicted octanol–water partition coefficient (Wildman–Crippen LogP) is 1.46. The number of ether oxygens (including phenoxy) is 5. The molecule has 0 saturated carbocycles. The summed E-state index contributed by atoms with van der Waals surface area (Å²) in [6, 6.07) is 0. The Morgan fingerprint density at radius 1 is 1.25 bits per heavy atom. The van der Waals surface area contributed by atoms with Crippen molar-refractivity contribution in [1.29, 1.82) is 0 Å². The molecule has 0 aromatic rings. The first kappa shape index (κ1) is 23.3. The quantitative estimate of drug-likeness (QED) is 0.242. The van der Waals surface area contributed by atoms with E-state index in [-0.39, 0.29) is 6.61 Å². The van der Waals surface area contributed by atoms with Crippen LogP contribution < -0.4 is 0 Å². The molecular formula is C15H23F3O9S. The summed E-state index contributed by atoms with van der Waals surface area (Å²) in [5, 5.41) is 0. The molecule has 0 aromatic carbocycles. The molecule has 0 aromatic heterocycles. The molecule has 0 spiro atoms. The second kappa shape index (κ2) is 8.40. The topological polar surface area (TPSA) is 107 Å². The molecule has 2 heterocycles. The van der Waals surface area contributed by atoms with Crippen molar-refractivity contribution in [1.82, 2.24) is 0 Å². The van der Waals surface area contributed by atoms with Crippen molar-refractivity contribution in [3.63, 3.8) is 0 Å². The maximum Gasteiger partial charge on any atom is 0.523 e. The largest absolute Gasteiger partial charge is 0.523 e. The minimum Gasteiger partial charge on any atom is -0.467 e. The first-order valence-corrected chi connectivity index (χ1v) is 9.94.